The van der Waals surface area contributed by atoms with Gasteiger partial charge < -0.3 is 71.4 Å². The average molecular weight is 689 g/mol. The molecule has 16 nitrogen and oxygen atoms in total. The van der Waals surface area contributed by atoms with Gasteiger partial charge in [-0.3, -0.25) is 0 Å². The van der Waals surface area contributed by atoms with E-state index in [1.165, 1.54) is 35.5 Å². The summed E-state index contributed by atoms with van der Waals surface area (Å²) < 4.78 is 83.2. The second kappa shape index (κ2) is 17.4. The molecule has 4 aliphatic rings. The van der Waals surface area contributed by atoms with Crippen molar-refractivity contribution < 1.29 is 76.2 Å². The molecular weight excluding hydrogens is 640 g/mol. The van der Waals surface area contributed by atoms with Gasteiger partial charge in [0, 0.05) is 49.8 Å². The number of aliphatic hydroxyl groups excluding tert-OH is 1. The molecule has 4 saturated heterocycles. The Hall–Kier alpha value is -1.87. The molecule has 2 bridgehead atoms. The number of esters is 1. The number of hydrogen-bond acceptors (Lipinski definition) is 16. The minimum Gasteiger partial charge on any atom is -0.459 e. The van der Waals surface area contributed by atoms with Crippen molar-refractivity contribution in [3.05, 3.63) is 35.9 Å². The molecule has 1 N–H and O–H groups in total. The summed E-state index contributed by atoms with van der Waals surface area (Å²) in [4.78, 5) is 12.7. The number of carbonyl (C=O) groups is 1. The van der Waals surface area contributed by atoms with E-state index in [-0.39, 0.29) is 19.8 Å². The fraction of sp³-hybridized carbons (Fsp3) is 0.781. The number of rotatable bonds is 15. The van der Waals surface area contributed by atoms with Gasteiger partial charge in [0.25, 0.3) is 0 Å². The summed E-state index contributed by atoms with van der Waals surface area (Å²) in [6, 6.07) is 8.49. The third kappa shape index (κ3) is 7.72. The summed E-state index contributed by atoms with van der Waals surface area (Å²) in [6.07, 6.45) is -12.1. The zero-order valence-corrected chi connectivity index (χ0v) is 28.2. The van der Waals surface area contributed by atoms with Gasteiger partial charge in [-0.25, -0.2) is 4.79 Å². The molecule has 0 saturated carbocycles. The predicted molar refractivity (Wildman–Crippen MR) is 161 cm³/mol. The molecule has 4 fully saturated rings. The van der Waals surface area contributed by atoms with Crippen molar-refractivity contribution >= 4 is 5.97 Å². The largest absolute Gasteiger partial charge is 0.459 e. The topological polar surface area (TPSA) is 167 Å². The van der Waals surface area contributed by atoms with Crippen LogP contribution in [0.15, 0.2) is 30.3 Å². The number of benzene rings is 1. The van der Waals surface area contributed by atoms with Crippen molar-refractivity contribution in [2.45, 2.75) is 92.1 Å². The van der Waals surface area contributed by atoms with Crippen molar-refractivity contribution in [1.82, 2.24) is 0 Å². The highest BCUT2D eigenvalue weighted by Crippen LogP contribution is 2.38. The van der Waals surface area contributed by atoms with Crippen LogP contribution in [-0.4, -0.2) is 173 Å². The van der Waals surface area contributed by atoms with Crippen molar-refractivity contribution in [3.63, 3.8) is 0 Å². The van der Waals surface area contributed by atoms with Crippen LogP contribution in [0, 0.1) is 0 Å². The van der Waals surface area contributed by atoms with Crippen LogP contribution >= 0.6 is 0 Å². The van der Waals surface area contributed by atoms with Crippen LogP contribution < -0.4 is 0 Å². The summed E-state index contributed by atoms with van der Waals surface area (Å²) in [5.41, 5.74) is 0.357. The molecule has 48 heavy (non-hydrogen) atoms. The van der Waals surface area contributed by atoms with Gasteiger partial charge in [0.05, 0.1) is 18.8 Å². The zero-order valence-electron chi connectivity index (χ0n) is 28.2. The van der Waals surface area contributed by atoms with E-state index in [4.69, 9.17) is 66.3 Å². The highest BCUT2D eigenvalue weighted by molar-refractivity contribution is 5.89. The van der Waals surface area contributed by atoms with Gasteiger partial charge in [-0.15, -0.1) is 0 Å². The van der Waals surface area contributed by atoms with Crippen molar-refractivity contribution in [1.29, 1.82) is 0 Å². The van der Waals surface area contributed by atoms with Gasteiger partial charge >= 0.3 is 5.97 Å². The highest BCUT2D eigenvalue weighted by Gasteiger charge is 2.57. The molecule has 6 unspecified atom stereocenters. The highest BCUT2D eigenvalue weighted by atomic mass is 16.8. The van der Waals surface area contributed by atoms with Crippen LogP contribution in [0.3, 0.4) is 0 Å². The number of methoxy groups -OCH3 is 7. The van der Waals surface area contributed by atoms with Gasteiger partial charge in [-0.2, -0.15) is 0 Å². The number of fused-ring (bicyclic) bond motifs is 2. The Kier molecular flexibility index (Phi) is 13.5. The molecular formula is C32H48O16. The lowest BCUT2D eigenvalue weighted by molar-refractivity contribution is -0.377. The molecule has 16 heteroatoms. The van der Waals surface area contributed by atoms with E-state index < -0.39 is 98.1 Å². The Labute approximate surface area is 279 Å². The van der Waals surface area contributed by atoms with E-state index in [1.54, 1.807) is 44.6 Å². The van der Waals surface area contributed by atoms with E-state index in [9.17, 15) is 9.90 Å². The number of ether oxygens (including phenoxy) is 14. The summed E-state index contributed by atoms with van der Waals surface area (Å²) in [6.45, 7) is 0.0757. The first kappa shape index (κ1) is 37.4. The predicted octanol–water partition coefficient (Wildman–Crippen LogP) is -0.0840. The fourth-order valence-corrected chi connectivity index (χ4v) is 6.77. The molecule has 0 spiro atoms. The average Bonchev–Trinajstić information content (AvgIpc) is 3.54. The van der Waals surface area contributed by atoms with E-state index >= 15 is 0 Å². The van der Waals surface area contributed by atoms with Gasteiger partial charge in [0.1, 0.15) is 79.9 Å². The van der Waals surface area contributed by atoms with E-state index in [2.05, 4.69) is 0 Å². The zero-order chi connectivity index (χ0) is 34.4. The van der Waals surface area contributed by atoms with Crippen molar-refractivity contribution in [3.8, 4) is 0 Å². The van der Waals surface area contributed by atoms with E-state index in [1.807, 2.05) is 0 Å². The Morgan fingerprint density at radius 1 is 0.667 bits per heavy atom. The maximum absolute atomic E-state index is 12.7. The third-order valence-corrected chi connectivity index (χ3v) is 9.16. The van der Waals surface area contributed by atoms with Crippen LogP contribution in [0.2, 0.25) is 0 Å². The maximum Gasteiger partial charge on any atom is 0.338 e. The Morgan fingerprint density at radius 3 is 1.83 bits per heavy atom. The summed E-state index contributed by atoms with van der Waals surface area (Å²) in [7, 11) is 10.5. The molecule has 4 heterocycles. The number of carbonyl (C=O) groups excluding carboxylic acids is 1. The molecule has 0 radical (unpaired) electrons. The van der Waals surface area contributed by atoms with Crippen molar-refractivity contribution in [2.24, 2.45) is 0 Å². The first-order chi connectivity index (χ1) is 23.3. The second-order valence-corrected chi connectivity index (χ2v) is 11.8. The molecule has 1 aromatic carbocycles. The number of aliphatic hydroxyl groups is 1. The molecule has 4 aliphatic heterocycles. The molecule has 0 amide bonds. The van der Waals surface area contributed by atoms with Crippen molar-refractivity contribution in [2.75, 3.05) is 69.6 Å². The Morgan fingerprint density at radius 2 is 1.23 bits per heavy atom. The molecule has 272 valence electrons. The smallest absolute Gasteiger partial charge is 0.338 e. The van der Waals surface area contributed by atoms with E-state index in [0.29, 0.717) is 5.56 Å². The normalized spacial score (nSPS) is 41.3. The first-order valence-electron chi connectivity index (χ1n) is 15.8. The maximum atomic E-state index is 12.7. The van der Waals surface area contributed by atoms with E-state index in [0.717, 1.165) is 0 Å². The monoisotopic (exact) mass is 688 g/mol. The lowest BCUT2D eigenvalue weighted by Gasteiger charge is -2.50. The molecule has 0 aromatic heterocycles. The van der Waals surface area contributed by atoms with Crippen LogP contribution in [0.4, 0.5) is 0 Å². The van der Waals surface area contributed by atoms with Crippen LogP contribution in [0.25, 0.3) is 0 Å². The SMILES string of the molecule is COCC1O[C@@H](O[C@H]2C(OC)C(OC)[C@@H]3OC[C@@H]2O3)C(OC)[C@@H](OC)[C@@H]1O[C@@H]1OC(COC(=O)c2ccccc2)[C@@H](O)[C@H](OC)C1OC. The molecule has 15 atom stereocenters. The van der Waals surface area contributed by atoms with Crippen LogP contribution in [-0.2, 0) is 66.3 Å². The quantitative estimate of drug-likeness (QED) is 0.243. The van der Waals surface area contributed by atoms with Gasteiger partial charge in [-0.05, 0) is 12.1 Å². The molecule has 5 rings (SSSR count). The van der Waals surface area contributed by atoms with Gasteiger partial charge in [0.15, 0.2) is 18.9 Å². The van der Waals surface area contributed by atoms with Gasteiger partial charge in [-0.1, -0.05) is 18.2 Å². The lowest BCUT2D eigenvalue weighted by Crippen LogP contribution is -2.67. The van der Waals surface area contributed by atoms with Crippen LogP contribution in [0.5, 0.6) is 0 Å². The van der Waals surface area contributed by atoms with Crippen LogP contribution in [0.1, 0.15) is 10.4 Å². The summed E-state index contributed by atoms with van der Waals surface area (Å²) in [5.74, 6) is -0.573. The third-order valence-electron chi connectivity index (χ3n) is 9.16. The standard InChI is InChI=1S/C32H48O16/c1-35-13-18-21(25(38-4)28(41-7)32(46-18)48-22-19-15-43-30(45-19)27(40-6)24(22)37-3)47-31-26(39-5)23(36-2)20(33)17(44-31)14-42-29(34)16-11-9-8-10-12-16/h8-12,17-28,30-33H,13-15H2,1-7H3/t17?,18?,19-,20+,21+,22+,23-,24?,25-,26?,27?,28?,30+,31-,32-/m0/s1. The Balaban J connectivity index is 1.35. The second-order valence-electron chi connectivity index (χ2n) is 11.8. The van der Waals surface area contributed by atoms with Gasteiger partial charge in [0.2, 0.25) is 0 Å². The first-order valence-corrected chi connectivity index (χ1v) is 15.8. The summed E-state index contributed by atoms with van der Waals surface area (Å²) >= 11 is 0. The minimum atomic E-state index is -1.22. The fourth-order valence-electron chi connectivity index (χ4n) is 6.77. The minimum absolute atomic E-state index is 0.0732. The summed E-state index contributed by atoms with van der Waals surface area (Å²) in [5, 5.41) is 11.1. The Bertz CT molecular complexity index is 1130. The number of hydrogen-bond donors (Lipinski definition) is 1. The molecule has 1 aromatic rings. The molecule has 0 aliphatic carbocycles. The lowest BCUT2D eigenvalue weighted by atomic mass is 9.95.